The molecule has 0 spiro atoms. The van der Waals surface area contributed by atoms with Gasteiger partial charge in [0, 0.05) is 36.9 Å². The monoisotopic (exact) mass is 364 g/mol. The average molecular weight is 364 g/mol. The van der Waals surface area contributed by atoms with Crippen molar-refractivity contribution in [2.75, 3.05) is 5.32 Å². The number of benzene rings is 2. The van der Waals surface area contributed by atoms with E-state index in [1.54, 1.807) is 28.9 Å². The Labute approximate surface area is 154 Å². The molecule has 1 aromatic heterocycles. The molecule has 0 radical (unpaired) electrons. The Hall–Kier alpha value is -3.48. The van der Waals surface area contributed by atoms with Crippen molar-refractivity contribution in [3.8, 4) is 0 Å². The number of anilines is 1. The number of allylic oxidation sites excluding steroid dienone is 1. The van der Waals surface area contributed by atoms with Crippen molar-refractivity contribution in [2.45, 2.75) is 12.5 Å². The van der Waals surface area contributed by atoms with Crippen LogP contribution in [-0.2, 0) is 11.8 Å². The predicted molar refractivity (Wildman–Crippen MR) is 99.5 cm³/mol. The first kappa shape index (κ1) is 17.0. The zero-order chi connectivity index (χ0) is 19.0. The molecule has 6 nitrogen and oxygen atoms in total. The molecular formula is C20H17FN4O2. The number of amides is 2. The molecule has 4 rings (SSSR count). The summed E-state index contributed by atoms with van der Waals surface area (Å²) in [6.45, 7) is 0. The van der Waals surface area contributed by atoms with E-state index >= 15 is 0 Å². The van der Waals surface area contributed by atoms with Crippen LogP contribution in [0.1, 0.15) is 18.0 Å². The lowest BCUT2D eigenvalue weighted by Gasteiger charge is -2.31. The maximum atomic E-state index is 13.6. The smallest absolute Gasteiger partial charge is 0.307 e. The number of aryl methyl sites for hydroxylation is 1. The van der Waals surface area contributed by atoms with Crippen LogP contribution in [-0.4, -0.2) is 26.5 Å². The van der Waals surface area contributed by atoms with Gasteiger partial charge >= 0.3 is 6.03 Å². The van der Waals surface area contributed by atoms with E-state index in [0.29, 0.717) is 11.3 Å². The quantitative estimate of drug-likeness (QED) is 0.753. The van der Waals surface area contributed by atoms with Gasteiger partial charge in [-0.1, -0.05) is 12.1 Å². The van der Waals surface area contributed by atoms with Crippen molar-refractivity contribution in [3.63, 3.8) is 0 Å². The van der Waals surface area contributed by atoms with Gasteiger partial charge in [0.25, 0.3) is 0 Å². The summed E-state index contributed by atoms with van der Waals surface area (Å²) >= 11 is 0. The molecule has 0 saturated heterocycles. The summed E-state index contributed by atoms with van der Waals surface area (Å²) in [7, 11) is 1.83. The molecule has 0 saturated carbocycles. The first-order chi connectivity index (χ1) is 13.0. The highest BCUT2D eigenvalue weighted by molar-refractivity contribution is 5.97. The summed E-state index contributed by atoms with van der Waals surface area (Å²) in [5.41, 5.74) is 1.93. The Balaban J connectivity index is 1.61. The minimum Gasteiger partial charge on any atom is -0.307 e. The fourth-order valence-electron chi connectivity index (χ4n) is 3.23. The van der Waals surface area contributed by atoms with E-state index in [0.717, 1.165) is 10.9 Å². The van der Waals surface area contributed by atoms with Gasteiger partial charge in [-0.3, -0.25) is 14.4 Å². The van der Waals surface area contributed by atoms with Gasteiger partial charge in [-0.25, -0.2) is 9.18 Å². The van der Waals surface area contributed by atoms with Crippen LogP contribution in [0.25, 0.3) is 10.9 Å². The standard InChI is InChI=1S/C20H17FN4O2/c1-24-12-14-5-6-16(10-18(14)23-24)22-20(27)25-8-7-17(26)11-19(25)13-3-2-4-15(21)9-13/h2-10,12,19H,11H2,1H3,(H,22,27). The molecule has 136 valence electrons. The highest BCUT2D eigenvalue weighted by atomic mass is 19.1. The zero-order valence-electron chi connectivity index (χ0n) is 14.6. The Morgan fingerprint density at radius 3 is 2.93 bits per heavy atom. The third kappa shape index (κ3) is 3.44. The molecular weight excluding hydrogens is 347 g/mol. The van der Waals surface area contributed by atoms with Crippen LogP contribution in [0.5, 0.6) is 0 Å². The van der Waals surface area contributed by atoms with Gasteiger partial charge in [-0.2, -0.15) is 5.10 Å². The number of fused-ring (bicyclic) bond motifs is 1. The Morgan fingerprint density at radius 1 is 1.26 bits per heavy atom. The summed E-state index contributed by atoms with van der Waals surface area (Å²) in [5, 5.41) is 8.12. The lowest BCUT2D eigenvalue weighted by Crippen LogP contribution is -2.37. The number of halogens is 1. The molecule has 1 aliphatic rings. The third-order valence-corrected chi connectivity index (χ3v) is 4.49. The summed E-state index contributed by atoms with van der Waals surface area (Å²) in [6.07, 6.45) is 4.79. The summed E-state index contributed by atoms with van der Waals surface area (Å²) < 4.78 is 15.3. The Morgan fingerprint density at radius 2 is 2.11 bits per heavy atom. The third-order valence-electron chi connectivity index (χ3n) is 4.49. The van der Waals surface area contributed by atoms with Crippen molar-refractivity contribution in [2.24, 2.45) is 7.05 Å². The van der Waals surface area contributed by atoms with E-state index in [-0.39, 0.29) is 12.2 Å². The Bertz CT molecular complexity index is 1070. The molecule has 1 atom stereocenters. The minimum absolute atomic E-state index is 0.104. The number of urea groups is 1. The summed E-state index contributed by atoms with van der Waals surface area (Å²) in [6, 6.07) is 10.4. The van der Waals surface area contributed by atoms with E-state index in [1.807, 2.05) is 19.3 Å². The second-order valence-electron chi connectivity index (χ2n) is 6.47. The number of ketones is 1. The lowest BCUT2D eigenvalue weighted by molar-refractivity contribution is -0.116. The molecule has 1 aliphatic heterocycles. The van der Waals surface area contributed by atoms with Crippen LogP contribution >= 0.6 is 0 Å². The molecule has 27 heavy (non-hydrogen) atoms. The van der Waals surface area contributed by atoms with E-state index in [4.69, 9.17) is 0 Å². The molecule has 3 aromatic rings. The SMILES string of the molecule is Cn1cc2ccc(NC(=O)N3C=CC(=O)CC3c3cccc(F)c3)cc2n1. The molecule has 2 heterocycles. The fraction of sp³-hybridized carbons (Fsp3) is 0.150. The number of nitrogens with zero attached hydrogens (tertiary/aromatic N) is 3. The van der Waals surface area contributed by atoms with Crippen LogP contribution in [0.15, 0.2) is 60.9 Å². The zero-order valence-corrected chi connectivity index (χ0v) is 14.6. The normalized spacial score (nSPS) is 16.7. The maximum absolute atomic E-state index is 13.6. The van der Waals surface area contributed by atoms with E-state index in [2.05, 4.69) is 10.4 Å². The summed E-state index contributed by atoms with van der Waals surface area (Å²) in [5.74, 6) is -0.515. The summed E-state index contributed by atoms with van der Waals surface area (Å²) in [4.78, 5) is 26.1. The highest BCUT2D eigenvalue weighted by Gasteiger charge is 2.29. The topological polar surface area (TPSA) is 67.2 Å². The van der Waals surface area contributed by atoms with E-state index < -0.39 is 17.9 Å². The van der Waals surface area contributed by atoms with Crippen LogP contribution in [0.4, 0.5) is 14.9 Å². The first-order valence-corrected chi connectivity index (χ1v) is 8.49. The van der Waals surface area contributed by atoms with Gasteiger partial charge in [0.2, 0.25) is 0 Å². The number of hydrogen-bond donors (Lipinski definition) is 1. The van der Waals surface area contributed by atoms with Crippen LogP contribution in [0.3, 0.4) is 0 Å². The van der Waals surface area contributed by atoms with Crippen LogP contribution in [0.2, 0.25) is 0 Å². The van der Waals surface area contributed by atoms with Crippen LogP contribution < -0.4 is 5.32 Å². The van der Waals surface area contributed by atoms with Crippen molar-refractivity contribution in [3.05, 3.63) is 72.3 Å². The number of aromatic nitrogens is 2. The number of carbonyl (C=O) groups excluding carboxylic acids is 2. The Kier molecular flexibility index (Phi) is 4.19. The fourth-order valence-corrected chi connectivity index (χ4v) is 3.23. The first-order valence-electron chi connectivity index (χ1n) is 8.49. The van der Waals surface area contributed by atoms with Crippen molar-refractivity contribution in [1.29, 1.82) is 0 Å². The lowest BCUT2D eigenvalue weighted by atomic mass is 9.97. The van der Waals surface area contributed by atoms with Gasteiger partial charge < -0.3 is 5.32 Å². The second kappa shape index (κ2) is 6.68. The van der Waals surface area contributed by atoms with E-state index in [1.165, 1.54) is 29.3 Å². The average Bonchev–Trinajstić information content (AvgIpc) is 3.01. The molecule has 0 bridgehead atoms. The number of rotatable bonds is 2. The highest BCUT2D eigenvalue weighted by Crippen LogP contribution is 2.30. The molecule has 0 aliphatic carbocycles. The van der Waals surface area contributed by atoms with Gasteiger partial charge in [0.05, 0.1) is 11.6 Å². The molecule has 1 N–H and O–H groups in total. The maximum Gasteiger partial charge on any atom is 0.326 e. The number of carbonyl (C=O) groups is 2. The molecule has 1 unspecified atom stereocenters. The van der Waals surface area contributed by atoms with Gasteiger partial charge in [-0.15, -0.1) is 0 Å². The molecule has 2 aromatic carbocycles. The van der Waals surface area contributed by atoms with Gasteiger partial charge in [0.15, 0.2) is 5.78 Å². The van der Waals surface area contributed by atoms with Crippen molar-refractivity contribution < 1.29 is 14.0 Å². The van der Waals surface area contributed by atoms with Gasteiger partial charge in [0.1, 0.15) is 5.82 Å². The predicted octanol–water partition coefficient (Wildman–Crippen LogP) is 3.77. The number of hydrogen-bond acceptors (Lipinski definition) is 3. The van der Waals surface area contributed by atoms with Crippen molar-refractivity contribution in [1.82, 2.24) is 14.7 Å². The largest absolute Gasteiger partial charge is 0.326 e. The molecule has 0 fully saturated rings. The molecule has 2 amide bonds. The molecule has 7 heteroatoms. The number of nitrogens with one attached hydrogen (secondary N) is 1. The minimum atomic E-state index is -0.559. The van der Waals surface area contributed by atoms with E-state index in [9.17, 15) is 14.0 Å². The van der Waals surface area contributed by atoms with Crippen LogP contribution in [0, 0.1) is 5.82 Å². The van der Waals surface area contributed by atoms with Crippen molar-refractivity contribution >= 4 is 28.4 Å². The van der Waals surface area contributed by atoms with Gasteiger partial charge in [-0.05, 0) is 42.0 Å². The second-order valence-corrected chi connectivity index (χ2v) is 6.47.